The standard InChI is InChI=1S/C17H23N5O.HI/c1-3-18-17(19-11-16-20-13(2)23-21-16)22-10-9-15(12-22)14-7-5-4-6-8-14;/h4-8,15H,3,9-12H2,1-2H3,(H,18,19);1H. The van der Waals surface area contributed by atoms with Crippen LogP contribution in [0.4, 0.5) is 0 Å². The van der Waals surface area contributed by atoms with Crippen molar-refractivity contribution in [2.45, 2.75) is 32.7 Å². The summed E-state index contributed by atoms with van der Waals surface area (Å²) in [4.78, 5) is 11.2. The predicted molar refractivity (Wildman–Crippen MR) is 105 cm³/mol. The zero-order chi connectivity index (χ0) is 16.1. The molecule has 0 radical (unpaired) electrons. The summed E-state index contributed by atoms with van der Waals surface area (Å²) >= 11 is 0. The van der Waals surface area contributed by atoms with Gasteiger partial charge in [-0.15, -0.1) is 24.0 Å². The van der Waals surface area contributed by atoms with E-state index in [4.69, 9.17) is 4.52 Å². The van der Waals surface area contributed by atoms with Gasteiger partial charge in [0, 0.05) is 32.5 Å². The molecule has 3 rings (SSSR count). The van der Waals surface area contributed by atoms with E-state index in [1.807, 2.05) is 0 Å². The van der Waals surface area contributed by atoms with Crippen LogP contribution in [0.15, 0.2) is 39.8 Å². The van der Waals surface area contributed by atoms with Gasteiger partial charge >= 0.3 is 0 Å². The number of likely N-dealkylation sites (tertiary alicyclic amines) is 1. The van der Waals surface area contributed by atoms with Crippen LogP contribution in [0.1, 0.15) is 36.5 Å². The first-order valence-electron chi connectivity index (χ1n) is 8.13. The Labute approximate surface area is 159 Å². The second-order valence-electron chi connectivity index (χ2n) is 5.74. The summed E-state index contributed by atoms with van der Waals surface area (Å²) in [6, 6.07) is 10.7. The molecule has 0 saturated carbocycles. The van der Waals surface area contributed by atoms with Gasteiger partial charge in [-0.3, -0.25) is 0 Å². The lowest BCUT2D eigenvalue weighted by Gasteiger charge is -2.21. The predicted octanol–water partition coefficient (Wildman–Crippen LogP) is 2.95. The molecule has 1 aromatic carbocycles. The molecule has 2 aromatic rings. The highest BCUT2D eigenvalue weighted by molar-refractivity contribution is 14.0. The molecule has 1 aliphatic heterocycles. The molecule has 130 valence electrons. The molecule has 0 bridgehead atoms. The van der Waals surface area contributed by atoms with Crippen molar-refractivity contribution in [2.75, 3.05) is 19.6 Å². The Balaban J connectivity index is 0.00000208. The zero-order valence-corrected chi connectivity index (χ0v) is 16.4. The monoisotopic (exact) mass is 441 g/mol. The van der Waals surface area contributed by atoms with Gasteiger partial charge in [-0.05, 0) is 18.9 Å². The molecule has 1 saturated heterocycles. The van der Waals surface area contributed by atoms with Crippen LogP contribution >= 0.6 is 24.0 Å². The second kappa shape index (κ2) is 9.00. The Hall–Kier alpha value is -1.64. The molecule has 2 heterocycles. The van der Waals surface area contributed by atoms with E-state index < -0.39 is 0 Å². The summed E-state index contributed by atoms with van der Waals surface area (Å²) < 4.78 is 4.99. The maximum atomic E-state index is 4.99. The average Bonchev–Trinajstić information content (AvgIpc) is 3.21. The minimum atomic E-state index is 0. The Morgan fingerprint density at radius 3 is 2.83 bits per heavy atom. The molecule has 0 spiro atoms. The van der Waals surface area contributed by atoms with Crippen LogP contribution in [0.2, 0.25) is 0 Å². The Morgan fingerprint density at radius 1 is 1.38 bits per heavy atom. The van der Waals surface area contributed by atoms with Gasteiger partial charge in [-0.25, -0.2) is 4.99 Å². The van der Waals surface area contributed by atoms with Gasteiger partial charge in [-0.1, -0.05) is 35.5 Å². The van der Waals surface area contributed by atoms with Crippen molar-refractivity contribution in [3.05, 3.63) is 47.6 Å². The third kappa shape index (κ3) is 4.68. The van der Waals surface area contributed by atoms with Crippen LogP contribution in [0, 0.1) is 6.92 Å². The van der Waals surface area contributed by atoms with E-state index in [-0.39, 0.29) is 24.0 Å². The fourth-order valence-corrected chi connectivity index (χ4v) is 2.93. The first kappa shape index (κ1) is 18.7. The molecule has 24 heavy (non-hydrogen) atoms. The molecular formula is C17H24IN5O. The van der Waals surface area contributed by atoms with Gasteiger partial charge in [0.15, 0.2) is 11.8 Å². The number of nitrogens with zero attached hydrogens (tertiary/aromatic N) is 4. The Morgan fingerprint density at radius 2 is 2.17 bits per heavy atom. The van der Waals surface area contributed by atoms with Crippen LogP contribution < -0.4 is 5.32 Å². The van der Waals surface area contributed by atoms with Gasteiger partial charge in [-0.2, -0.15) is 4.98 Å². The topological polar surface area (TPSA) is 66.5 Å². The van der Waals surface area contributed by atoms with Crippen LogP contribution in [-0.2, 0) is 6.54 Å². The van der Waals surface area contributed by atoms with Crippen LogP contribution in [-0.4, -0.2) is 40.6 Å². The Kier molecular flexibility index (Phi) is 7.01. The first-order chi connectivity index (χ1) is 11.3. The van der Waals surface area contributed by atoms with E-state index in [0.717, 1.165) is 32.0 Å². The summed E-state index contributed by atoms with van der Waals surface area (Å²) in [5.74, 6) is 2.68. The van der Waals surface area contributed by atoms with E-state index in [1.54, 1.807) is 6.92 Å². The maximum Gasteiger partial charge on any atom is 0.223 e. The van der Waals surface area contributed by atoms with Crippen molar-refractivity contribution >= 4 is 29.9 Å². The summed E-state index contributed by atoms with van der Waals surface area (Å²) in [5.41, 5.74) is 1.40. The number of rotatable bonds is 4. The number of aromatic nitrogens is 2. The number of aliphatic imine (C=N–C) groups is 1. The van der Waals surface area contributed by atoms with Gasteiger partial charge in [0.05, 0.1) is 0 Å². The molecule has 1 fully saturated rings. The lowest BCUT2D eigenvalue weighted by molar-refractivity contribution is 0.387. The number of nitrogens with one attached hydrogen (secondary N) is 1. The van der Waals surface area contributed by atoms with E-state index in [1.165, 1.54) is 5.56 Å². The molecule has 1 aliphatic rings. The third-order valence-corrected chi connectivity index (χ3v) is 4.03. The summed E-state index contributed by atoms with van der Waals surface area (Å²) in [6.07, 6.45) is 1.15. The molecule has 6 nitrogen and oxygen atoms in total. The van der Waals surface area contributed by atoms with Gasteiger partial charge in [0.1, 0.15) is 6.54 Å². The number of guanidine groups is 1. The quantitative estimate of drug-likeness (QED) is 0.449. The van der Waals surface area contributed by atoms with Crippen molar-refractivity contribution in [3.63, 3.8) is 0 Å². The van der Waals surface area contributed by atoms with Crippen LogP contribution in [0.5, 0.6) is 0 Å². The van der Waals surface area contributed by atoms with Crippen molar-refractivity contribution in [1.29, 1.82) is 0 Å². The first-order valence-corrected chi connectivity index (χ1v) is 8.13. The molecular weight excluding hydrogens is 417 g/mol. The summed E-state index contributed by atoms with van der Waals surface area (Å²) in [7, 11) is 0. The summed E-state index contributed by atoms with van der Waals surface area (Å²) in [5, 5.41) is 7.26. The fourth-order valence-electron chi connectivity index (χ4n) is 2.93. The van der Waals surface area contributed by atoms with Crippen molar-refractivity contribution in [2.24, 2.45) is 4.99 Å². The minimum Gasteiger partial charge on any atom is -0.357 e. The minimum absolute atomic E-state index is 0. The lowest BCUT2D eigenvalue weighted by Crippen LogP contribution is -2.40. The highest BCUT2D eigenvalue weighted by Crippen LogP contribution is 2.26. The Bertz CT molecular complexity index is 658. The number of aryl methyl sites for hydroxylation is 1. The molecule has 1 atom stereocenters. The fraction of sp³-hybridized carbons (Fsp3) is 0.471. The van der Waals surface area contributed by atoms with Crippen LogP contribution in [0.25, 0.3) is 0 Å². The second-order valence-corrected chi connectivity index (χ2v) is 5.74. The molecule has 1 aromatic heterocycles. The van der Waals surface area contributed by atoms with Crippen molar-refractivity contribution in [1.82, 2.24) is 20.4 Å². The van der Waals surface area contributed by atoms with Gasteiger partial charge < -0.3 is 14.7 Å². The molecule has 7 heteroatoms. The number of halogens is 1. The van der Waals surface area contributed by atoms with Gasteiger partial charge in [0.25, 0.3) is 0 Å². The molecule has 1 unspecified atom stereocenters. The average molecular weight is 441 g/mol. The maximum absolute atomic E-state index is 4.99. The highest BCUT2D eigenvalue weighted by atomic mass is 127. The normalized spacial score (nSPS) is 17.7. The highest BCUT2D eigenvalue weighted by Gasteiger charge is 2.25. The van der Waals surface area contributed by atoms with Gasteiger partial charge in [0.2, 0.25) is 5.89 Å². The lowest BCUT2D eigenvalue weighted by atomic mass is 9.99. The van der Waals surface area contributed by atoms with Crippen molar-refractivity contribution < 1.29 is 4.52 Å². The summed E-state index contributed by atoms with van der Waals surface area (Å²) in [6.45, 7) is 7.15. The number of benzene rings is 1. The smallest absolute Gasteiger partial charge is 0.223 e. The third-order valence-electron chi connectivity index (χ3n) is 4.03. The molecule has 0 aliphatic carbocycles. The van der Waals surface area contributed by atoms with Crippen LogP contribution in [0.3, 0.4) is 0 Å². The van der Waals surface area contributed by atoms with E-state index in [2.05, 4.69) is 62.6 Å². The zero-order valence-electron chi connectivity index (χ0n) is 14.1. The number of hydrogen-bond acceptors (Lipinski definition) is 4. The van der Waals surface area contributed by atoms with E-state index >= 15 is 0 Å². The van der Waals surface area contributed by atoms with E-state index in [0.29, 0.717) is 24.2 Å². The SMILES string of the molecule is CCNC(=NCc1noc(C)n1)N1CCC(c2ccccc2)C1.I. The molecule has 1 N–H and O–H groups in total. The van der Waals surface area contributed by atoms with Crippen molar-refractivity contribution in [3.8, 4) is 0 Å². The van der Waals surface area contributed by atoms with E-state index in [9.17, 15) is 0 Å². The molecule has 0 amide bonds. The number of hydrogen-bond donors (Lipinski definition) is 1. The largest absolute Gasteiger partial charge is 0.357 e.